The lowest BCUT2D eigenvalue weighted by Gasteiger charge is -2.06. The van der Waals surface area contributed by atoms with Gasteiger partial charge in [0, 0.05) is 6.20 Å². The largest absolute Gasteiger partial charge is 0.494 e. The third-order valence-electron chi connectivity index (χ3n) is 5.26. The van der Waals surface area contributed by atoms with Crippen molar-refractivity contribution in [2.75, 3.05) is 6.61 Å². The van der Waals surface area contributed by atoms with Crippen LogP contribution in [0.15, 0.2) is 42.6 Å². The van der Waals surface area contributed by atoms with Gasteiger partial charge in [0.05, 0.1) is 12.3 Å². The molecule has 0 aliphatic carbocycles. The van der Waals surface area contributed by atoms with Crippen LogP contribution in [0.4, 0.5) is 0 Å². The van der Waals surface area contributed by atoms with Crippen LogP contribution in [0.3, 0.4) is 0 Å². The van der Waals surface area contributed by atoms with Crippen LogP contribution in [0.2, 0.25) is 0 Å². The van der Waals surface area contributed by atoms with Crippen molar-refractivity contribution < 1.29 is 4.74 Å². The van der Waals surface area contributed by atoms with Crippen LogP contribution >= 0.6 is 0 Å². The number of ether oxygens (including phenoxy) is 1. The molecule has 0 radical (unpaired) electrons. The Morgan fingerprint density at radius 1 is 0.724 bits per heavy atom. The maximum Gasteiger partial charge on any atom is 0.119 e. The summed E-state index contributed by atoms with van der Waals surface area (Å²) in [5, 5.41) is 0. The minimum absolute atomic E-state index is 0.813. The van der Waals surface area contributed by atoms with Crippen LogP contribution in [0.5, 0.6) is 5.75 Å². The van der Waals surface area contributed by atoms with Crippen LogP contribution in [-0.4, -0.2) is 11.6 Å². The Labute approximate surface area is 178 Å². The van der Waals surface area contributed by atoms with Gasteiger partial charge in [-0.1, -0.05) is 89.5 Å². The fraction of sp³-hybridized carbons (Fsp3) is 0.519. The second kappa shape index (κ2) is 14.8. The Hall–Kier alpha value is -2.09. The maximum atomic E-state index is 5.83. The van der Waals surface area contributed by atoms with E-state index in [9.17, 15) is 0 Å². The summed E-state index contributed by atoms with van der Waals surface area (Å²) in [7, 11) is 0. The number of pyridine rings is 1. The molecule has 0 fully saturated rings. The lowest BCUT2D eigenvalue weighted by molar-refractivity contribution is 0.304. The first kappa shape index (κ1) is 23.2. The first-order valence-corrected chi connectivity index (χ1v) is 11.7. The predicted octanol–water partition coefficient (Wildman–Crippen LogP) is 8.11. The van der Waals surface area contributed by atoms with Gasteiger partial charge < -0.3 is 4.74 Å². The molecule has 0 spiro atoms. The summed E-state index contributed by atoms with van der Waals surface area (Å²) in [5.41, 5.74) is 3.52. The first-order chi connectivity index (χ1) is 14.3. The van der Waals surface area contributed by atoms with Crippen molar-refractivity contribution in [2.45, 2.75) is 84.5 Å². The fourth-order valence-electron chi connectivity index (χ4n) is 3.37. The van der Waals surface area contributed by atoms with Crippen molar-refractivity contribution in [3.63, 3.8) is 0 Å². The monoisotopic (exact) mass is 393 g/mol. The van der Waals surface area contributed by atoms with Crippen LogP contribution in [0.25, 0.3) is 12.2 Å². The zero-order chi connectivity index (χ0) is 20.6. The van der Waals surface area contributed by atoms with Gasteiger partial charge >= 0.3 is 0 Å². The van der Waals surface area contributed by atoms with Crippen molar-refractivity contribution >= 4 is 12.2 Å². The molecule has 2 heteroatoms. The predicted molar refractivity (Wildman–Crippen MR) is 126 cm³/mol. The van der Waals surface area contributed by atoms with Gasteiger partial charge in [-0.2, -0.15) is 0 Å². The SMILES string of the molecule is CCCCCCCOc1ccc(C=Cc2ccc(CCCCCCC)cn2)cc1. The van der Waals surface area contributed by atoms with Crippen molar-refractivity contribution in [1.82, 2.24) is 4.98 Å². The highest BCUT2D eigenvalue weighted by Gasteiger charge is 1.97. The highest BCUT2D eigenvalue weighted by Crippen LogP contribution is 2.15. The second-order valence-electron chi connectivity index (χ2n) is 7.92. The molecule has 2 aromatic rings. The molecule has 29 heavy (non-hydrogen) atoms. The van der Waals surface area contributed by atoms with Gasteiger partial charge in [-0.25, -0.2) is 0 Å². The molecule has 0 atom stereocenters. The van der Waals surface area contributed by atoms with Gasteiger partial charge in [0.15, 0.2) is 0 Å². The van der Waals surface area contributed by atoms with Crippen LogP contribution in [-0.2, 0) is 6.42 Å². The summed E-state index contributed by atoms with van der Waals surface area (Å²) in [6.07, 6.45) is 20.3. The molecule has 0 N–H and O–H groups in total. The van der Waals surface area contributed by atoms with Gasteiger partial charge in [0.1, 0.15) is 5.75 Å². The standard InChI is InChI=1S/C27H39NO/c1-3-5-7-9-11-13-25-15-19-26(28-23-25)18-14-24-16-20-27(21-17-24)29-22-12-10-8-6-4-2/h14-21,23H,3-13,22H2,1-2H3. The van der Waals surface area contributed by atoms with Crippen molar-refractivity contribution in [3.05, 3.63) is 59.4 Å². The topological polar surface area (TPSA) is 22.1 Å². The first-order valence-electron chi connectivity index (χ1n) is 11.7. The van der Waals surface area contributed by atoms with E-state index in [4.69, 9.17) is 4.74 Å². The molecule has 1 aromatic heterocycles. The summed E-state index contributed by atoms with van der Waals surface area (Å²) < 4.78 is 5.83. The van der Waals surface area contributed by atoms with E-state index >= 15 is 0 Å². The van der Waals surface area contributed by atoms with Gasteiger partial charge in [0.2, 0.25) is 0 Å². The van der Waals surface area contributed by atoms with E-state index in [2.05, 4.69) is 67.4 Å². The normalized spacial score (nSPS) is 11.2. The fourth-order valence-corrected chi connectivity index (χ4v) is 3.37. The average molecular weight is 394 g/mol. The van der Waals surface area contributed by atoms with E-state index < -0.39 is 0 Å². The van der Waals surface area contributed by atoms with Gasteiger partial charge in [0.25, 0.3) is 0 Å². The third kappa shape index (κ3) is 10.3. The van der Waals surface area contributed by atoms with Gasteiger partial charge in [-0.15, -0.1) is 0 Å². The summed E-state index contributed by atoms with van der Waals surface area (Å²) in [4.78, 5) is 4.59. The number of hydrogen-bond donors (Lipinski definition) is 0. The third-order valence-corrected chi connectivity index (χ3v) is 5.26. The zero-order valence-electron chi connectivity index (χ0n) is 18.5. The molecule has 1 heterocycles. The molecule has 0 aliphatic heterocycles. The Morgan fingerprint density at radius 2 is 1.41 bits per heavy atom. The summed E-state index contributed by atoms with van der Waals surface area (Å²) in [6.45, 7) is 5.32. The number of unbranched alkanes of at least 4 members (excludes halogenated alkanes) is 8. The van der Waals surface area contributed by atoms with Crippen molar-refractivity contribution in [3.8, 4) is 5.75 Å². The molecule has 2 nitrogen and oxygen atoms in total. The van der Waals surface area contributed by atoms with E-state index in [-0.39, 0.29) is 0 Å². The minimum atomic E-state index is 0.813. The van der Waals surface area contributed by atoms with Gasteiger partial charge in [-0.3, -0.25) is 4.98 Å². The highest BCUT2D eigenvalue weighted by molar-refractivity contribution is 5.68. The average Bonchev–Trinajstić information content (AvgIpc) is 2.76. The van der Waals surface area contributed by atoms with E-state index in [0.29, 0.717) is 0 Å². The van der Waals surface area contributed by atoms with E-state index in [1.54, 1.807) is 0 Å². The molecule has 0 saturated carbocycles. The Kier molecular flexibility index (Phi) is 11.9. The van der Waals surface area contributed by atoms with Crippen LogP contribution < -0.4 is 4.74 Å². The molecular formula is C27H39NO. The molecule has 0 bridgehead atoms. The van der Waals surface area contributed by atoms with E-state index in [0.717, 1.165) is 30.9 Å². The van der Waals surface area contributed by atoms with E-state index in [1.165, 1.54) is 68.9 Å². The van der Waals surface area contributed by atoms with Crippen molar-refractivity contribution in [2.24, 2.45) is 0 Å². The van der Waals surface area contributed by atoms with Crippen LogP contribution in [0.1, 0.15) is 94.9 Å². The number of benzene rings is 1. The minimum Gasteiger partial charge on any atom is -0.494 e. The summed E-state index contributed by atoms with van der Waals surface area (Å²) in [6, 6.07) is 12.7. The number of aryl methyl sites for hydroxylation is 1. The zero-order valence-corrected chi connectivity index (χ0v) is 18.5. The molecule has 2 rings (SSSR count). The number of hydrogen-bond acceptors (Lipinski definition) is 2. The highest BCUT2D eigenvalue weighted by atomic mass is 16.5. The molecule has 0 amide bonds. The molecule has 1 aromatic carbocycles. The number of aromatic nitrogens is 1. The quantitative estimate of drug-likeness (QED) is 0.285. The number of rotatable bonds is 15. The number of nitrogens with zero attached hydrogens (tertiary/aromatic N) is 1. The maximum absolute atomic E-state index is 5.83. The summed E-state index contributed by atoms with van der Waals surface area (Å²) in [5.74, 6) is 0.957. The Morgan fingerprint density at radius 3 is 2.07 bits per heavy atom. The van der Waals surface area contributed by atoms with Crippen LogP contribution in [0, 0.1) is 0 Å². The molecule has 158 valence electrons. The summed E-state index contributed by atoms with van der Waals surface area (Å²) >= 11 is 0. The lowest BCUT2D eigenvalue weighted by Crippen LogP contribution is -1.97. The second-order valence-corrected chi connectivity index (χ2v) is 7.92. The van der Waals surface area contributed by atoms with Crippen molar-refractivity contribution in [1.29, 1.82) is 0 Å². The Balaban J connectivity index is 1.70. The molecule has 0 unspecified atom stereocenters. The molecule has 0 aliphatic rings. The smallest absolute Gasteiger partial charge is 0.119 e. The molecule has 0 saturated heterocycles. The lowest BCUT2D eigenvalue weighted by atomic mass is 10.1. The van der Waals surface area contributed by atoms with Gasteiger partial charge in [-0.05, 0) is 54.7 Å². The molecular weight excluding hydrogens is 354 g/mol. The van der Waals surface area contributed by atoms with E-state index in [1.807, 2.05) is 6.20 Å². The Bertz CT molecular complexity index is 673.